The molecule has 0 bridgehead atoms. The molecule has 0 spiro atoms. The van der Waals surface area contributed by atoms with Crippen LogP contribution < -0.4 is 9.80 Å². The van der Waals surface area contributed by atoms with Gasteiger partial charge in [-0.25, -0.2) is 0 Å². The van der Waals surface area contributed by atoms with Gasteiger partial charge in [-0.05, 0) is 168 Å². The lowest BCUT2D eigenvalue weighted by atomic mass is 9.95. The van der Waals surface area contributed by atoms with Gasteiger partial charge in [0.25, 0.3) is 0 Å². The summed E-state index contributed by atoms with van der Waals surface area (Å²) in [6, 6.07) is 69.6. The molecule has 0 amide bonds. The zero-order chi connectivity index (χ0) is 43.1. The van der Waals surface area contributed by atoms with Crippen molar-refractivity contribution in [1.29, 1.82) is 0 Å². The molecule has 0 aliphatic rings. The van der Waals surface area contributed by atoms with E-state index in [4.69, 9.17) is 8.83 Å². The SMILES string of the molecule is Cc1cccc(N(c2ccccc2)c2ccc3cc4c(cc3c2)oc2c(-c3ccccc3)c3c(cc24)oc2cc4cc(N(c5ccccc5)c5cccc(C)c5C)ccc4cc23)c1C. The molecule has 4 heteroatoms. The molecule has 64 heavy (non-hydrogen) atoms. The second-order valence-electron chi connectivity index (χ2n) is 17.1. The van der Waals surface area contributed by atoms with E-state index in [-0.39, 0.29) is 0 Å². The van der Waals surface area contributed by atoms with Crippen LogP contribution in [0.15, 0.2) is 203 Å². The van der Waals surface area contributed by atoms with Gasteiger partial charge in [-0.2, -0.15) is 0 Å². The number of fused-ring (bicyclic) bond motifs is 8. The van der Waals surface area contributed by atoms with Crippen molar-refractivity contribution in [2.75, 3.05) is 9.80 Å². The quantitative estimate of drug-likeness (QED) is 0.160. The van der Waals surface area contributed by atoms with Crippen LogP contribution in [0.2, 0.25) is 0 Å². The Morgan fingerprint density at radius 1 is 0.344 bits per heavy atom. The Labute approximate surface area is 371 Å². The third-order valence-corrected chi connectivity index (χ3v) is 13.3. The van der Waals surface area contributed by atoms with Gasteiger partial charge in [-0.1, -0.05) is 103 Å². The fourth-order valence-corrected chi connectivity index (χ4v) is 9.75. The number of rotatable bonds is 7. The van der Waals surface area contributed by atoms with Crippen LogP contribution in [-0.2, 0) is 0 Å². The Kier molecular flexibility index (Phi) is 8.70. The van der Waals surface area contributed by atoms with E-state index in [2.05, 4.69) is 232 Å². The van der Waals surface area contributed by atoms with Crippen LogP contribution in [0.4, 0.5) is 34.1 Å². The predicted octanol–water partition coefficient (Wildman–Crippen LogP) is 17.6. The smallest absolute Gasteiger partial charge is 0.144 e. The van der Waals surface area contributed by atoms with Gasteiger partial charge in [0, 0.05) is 61.2 Å². The fraction of sp³-hybridized carbons (Fsp3) is 0.0667. The van der Waals surface area contributed by atoms with E-state index in [1.54, 1.807) is 0 Å². The van der Waals surface area contributed by atoms with Gasteiger partial charge < -0.3 is 18.6 Å². The molecule has 0 aliphatic heterocycles. The van der Waals surface area contributed by atoms with E-state index >= 15 is 0 Å². The van der Waals surface area contributed by atoms with E-state index < -0.39 is 0 Å². The van der Waals surface area contributed by atoms with Crippen LogP contribution in [0.1, 0.15) is 22.3 Å². The van der Waals surface area contributed by atoms with Gasteiger partial charge in [0.05, 0.1) is 0 Å². The topological polar surface area (TPSA) is 32.8 Å². The largest absolute Gasteiger partial charge is 0.456 e. The molecule has 0 atom stereocenters. The third kappa shape index (κ3) is 6.06. The first kappa shape index (κ1) is 37.7. The molecular weight excluding hydrogens is 781 g/mol. The van der Waals surface area contributed by atoms with E-state index in [9.17, 15) is 0 Å². The van der Waals surface area contributed by atoms with Gasteiger partial charge in [0.15, 0.2) is 0 Å². The summed E-state index contributed by atoms with van der Waals surface area (Å²) >= 11 is 0. The number of para-hydroxylation sites is 2. The first-order chi connectivity index (χ1) is 31.4. The third-order valence-electron chi connectivity index (χ3n) is 13.3. The molecule has 0 N–H and O–H groups in total. The molecule has 0 saturated carbocycles. The first-order valence-electron chi connectivity index (χ1n) is 22.0. The van der Waals surface area contributed by atoms with Crippen LogP contribution in [-0.4, -0.2) is 0 Å². The maximum atomic E-state index is 7.05. The molecule has 12 rings (SSSR count). The Morgan fingerprint density at radius 2 is 0.844 bits per heavy atom. The van der Waals surface area contributed by atoms with Crippen molar-refractivity contribution in [3.63, 3.8) is 0 Å². The maximum Gasteiger partial charge on any atom is 0.144 e. The minimum absolute atomic E-state index is 0.836. The summed E-state index contributed by atoms with van der Waals surface area (Å²) in [5.41, 5.74) is 17.3. The van der Waals surface area contributed by atoms with E-state index in [0.29, 0.717) is 0 Å². The molecule has 4 nitrogen and oxygen atoms in total. The summed E-state index contributed by atoms with van der Waals surface area (Å²) in [5, 5.41) is 8.72. The highest BCUT2D eigenvalue weighted by Crippen LogP contribution is 2.48. The molecule has 306 valence electrons. The standard InChI is InChI=1S/C60H44N2O2/c1-37-16-14-24-53(39(37)3)61(46-20-10-6-11-21-46)48-28-26-42-32-50-51-36-57-59(58(41-18-8-5-9-19-41)60(51)64-55(50)34-44(42)30-48)52-33-43-27-29-49(31-45(43)35-56(52)63-57)62(47-22-12-7-13-23-47)54-25-15-17-38(2)40(54)4/h5-36H,1-4H3. The van der Waals surface area contributed by atoms with Gasteiger partial charge in [0.2, 0.25) is 0 Å². The lowest BCUT2D eigenvalue weighted by molar-refractivity contribution is 0.665. The van der Waals surface area contributed by atoms with E-state index in [1.807, 2.05) is 0 Å². The summed E-state index contributed by atoms with van der Waals surface area (Å²) in [5.74, 6) is 0. The zero-order valence-corrected chi connectivity index (χ0v) is 36.2. The second-order valence-corrected chi connectivity index (χ2v) is 17.1. The minimum Gasteiger partial charge on any atom is -0.456 e. The maximum absolute atomic E-state index is 7.05. The Bertz CT molecular complexity index is 3660. The van der Waals surface area contributed by atoms with Crippen molar-refractivity contribution < 1.29 is 8.83 Å². The average Bonchev–Trinajstić information content (AvgIpc) is 3.86. The fourth-order valence-electron chi connectivity index (χ4n) is 9.75. The Balaban J connectivity index is 1.04. The Hall–Kier alpha value is -8.08. The summed E-state index contributed by atoms with van der Waals surface area (Å²) in [6.45, 7) is 8.76. The van der Waals surface area contributed by atoms with Crippen molar-refractivity contribution in [3.8, 4) is 11.1 Å². The summed E-state index contributed by atoms with van der Waals surface area (Å²) in [7, 11) is 0. The minimum atomic E-state index is 0.836. The number of benzene rings is 10. The summed E-state index contributed by atoms with van der Waals surface area (Å²) in [6.07, 6.45) is 0. The van der Waals surface area contributed by atoms with Crippen molar-refractivity contribution in [2.45, 2.75) is 27.7 Å². The molecule has 0 fully saturated rings. The molecule has 10 aromatic carbocycles. The molecule has 2 heterocycles. The average molecular weight is 825 g/mol. The predicted molar refractivity (Wildman–Crippen MR) is 270 cm³/mol. The van der Waals surface area contributed by atoms with E-state index in [1.165, 1.54) is 22.3 Å². The van der Waals surface area contributed by atoms with Crippen LogP contribution in [0.3, 0.4) is 0 Å². The summed E-state index contributed by atoms with van der Waals surface area (Å²) < 4.78 is 14.0. The lowest BCUT2D eigenvalue weighted by Gasteiger charge is -2.28. The number of furan rings is 2. The molecule has 0 radical (unpaired) electrons. The Morgan fingerprint density at radius 3 is 1.39 bits per heavy atom. The zero-order valence-electron chi connectivity index (χ0n) is 36.2. The molecular formula is C60H44N2O2. The highest BCUT2D eigenvalue weighted by atomic mass is 16.3. The highest BCUT2D eigenvalue weighted by molar-refractivity contribution is 6.25. The first-order valence-corrected chi connectivity index (χ1v) is 22.0. The van der Waals surface area contributed by atoms with Gasteiger partial charge >= 0.3 is 0 Å². The molecule has 0 saturated heterocycles. The normalized spacial score (nSPS) is 11.8. The molecule has 12 aromatic rings. The van der Waals surface area contributed by atoms with Crippen LogP contribution in [0.25, 0.3) is 76.5 Å². The van der Waals surface area contributed by atoms with Gasteiger partial charge in [-0.3, -0.25) is 0 Å². The highest BCUT2D eigenvalue weighted by Gasteiger charge is 2.23. The van der Waals surface area contributed by atoms with Crippen molar-refractivity contribution in [3.05, 3.63) is 216 Å². The monoisotopic (exact) mass is 824 g/mol. The number of nitrogens with zero attached hydrogens (tertiary/aromatic N) is 2. The van der Waals surface area contributed by atoms with Crippen molar-refractivity contribution >= 4 is 99.5 Å². The summed E-state index contributed by atoms with van der Waals surface area (Å²) in [4.78, 5) is 4.71. The van der Waals surface area contributed by atoms with E-state index in [0.717, 1.165) is 111 Å². The van der Waals surface area contributed by atoms with Crippen LogP contribution in [0.5, 0.6) is 0 Å². The molecule has 0 aliphatic carbocycles. The van der Waals surface area contributed by atoms with Gasteiger partial charge in [0.1, 0.15) is 22.3 Å². The van der Waals surface area contributed by atoms with Crippen LogP contribution in [0, 0.1) is 27.7 Å². The number of hydrogen-bond donors (Lipinski definition) is 0. The molecule has 0 unspecified atom stereocenters. The number of aryl methyl sites for hydroxylation is 2. The molecule has 2 aromatic heterocycles. The van der Waals surface area contributed by atoms with Crippen molar-refractivity contribution in [1.82, 2.24) is 0 Å². The van der Waals surface area contributed by atoms with Crippen molar-refractivity contribution in [2.24, 2.45) is 0 Å². The van der Waals surface area contributed by atoms with Crippen LogP contribution >= 0.6 is 0 Å². The lowest BCUT2D eigenvalue weighted by Crippen LogP contribution is -2.11. The number of anilines is 6. The second kappa shape index (κ2) is 14.8. The number of hydrogen-bond acceptors (Lipinski definition) is 4. The van der Waals surface area contributed by atoms with Gasteiger partial charge in [-0.15, -0.1) is 0 Å².